The Morgan fingerprint density at radius 2 is 1.67 bits per heavy atom. The molecule has 100 valence electrons. The summed E-state index contributed by atoms with van der Waals surface area (Å²) in [6, 6.07) is 2.17. The van der Waals surface area contributed by atoms with Gasteiger partial charge < -0.3 is 0 Å². The van der Waals surface area contributed by atoms with Crippen molar-refractivity contribution in [3.63, 3.8) is 0 Å². The molecule has 0 N–H and O–H groups in total. The van der Waals surface area contributed by atoms with Crippen molar-refractivity contribution in [3.05, 3.63) is 34.9 Å². The first-order valence-corrected chi connectivity index (χ1v) is 6.94. The summed E-state index contributed by atoms with van der Waals surface area (Å²) in [5.41, 5.74) is 4.28. The molecular formula is C17H27N. The van der Waals surface area contributed by atoms with Gasteiger partial charge in [0, 0.05) is 0 Å². The second-order valence-corrected chi connectivity index (χ2v) is 4.99. The van der Waals surface area contributed by atoms with E-state index in [2.05, 4.69) is 52.0 Å². The lowest BCUT2D eigenvalue weighted by atomic mass is 10.0. The van der Waals surface area contributed by atoms with Gasteiger partial charge in [0.25, 0.3) is 0 Å². The number of allylic oxidation sites excluding steroid dienone is 6. The monoisotopic (exact) mass is 245 g/mol. The Hall–Kier alpha value is -1.29. The minimum absolute atomic E-state index is 0.548. The Morgan fingerprint density at radius 1 is 1.00 bits per heavy atom. The molecule has 1 nitrogen and oxygen atoms in total. The van der Waals surface area contributed by atoms with E-state index in [4.69, 9.17) is 5.26 Å². The van der Waals surface area contributed by atoms with Crippen molar-refractivity contribution < 1.29 is 0 Å². The maximum Gasteiger partial charge on any atom is 0.0663 e. The molecule has 0 bridgehead atoms. The van der Waals surface area contributed by atoms with Gasteiger partial charge in [-0.2, -0.15) is 5.26 Å². The van der Waals surface area contributed by atoms with Crippen molar-refractivity contribution >= 4 is 0 Å². The average Bonchev–Trinajstić information content (AvgIpc) is 2.33. The summed E-state index contributed by atoms with van der Waals surface area (Å²) in [6.07, 6.45) is 12.8. The average molecular weight is 245 g/mol. The fourth-order valence-electron chi connectivity index (χ4n) is 1.81. The number of rotatable bonds is 8. The van der Waals surface area contributed by atoms with Gasteiger partial charge in [-0.15, -0.1) is 0 Å². The van der Waals surface area contributed by atoms with Crippen molar-refractivity contribution in [3.8, 4) is 6.07 Å². The molecule has 0 aromatic heterocycles. The maximum atomic E-state index is 8.55. The van der Waals surface area contributed by atoms with E-state index in [-0.39, 0.29) is 0 Å². The van der Waals surface area contributed by atoms with Crippen LogP contribution in [0.1, 0.15) is 66.2 Å². The summed E-state index contributed by atoms with van der Waals surface area (Å²) in [5, 5.41) is 8.55. The van der Waals surface area contributed by atoms with E-state index in [1.807, 2.05) is 0 Å². The minimum atomic E-state index is 0.548. The lowest BCUT2D eigenvalue weighted by Crippen LogP contribution is -1.83. The van der Waals surface area contributed by atoms with Crippen molar-refractivity contribution in [2.45, 2.75) is 66.2 Å². The molecule has 18 heavy (non-hydrogen) atoms. The van der Waals surface area contributed by atoms with E-state index in [1.165, 1.54) is 16.7 Å². The van der Waals surface area contributed by atoms with Crippen LogP contribution >= 0.6 is 0 Å². The fourth-order valence-corrected chi connectivity index (χ4v) is 1.81. The maximum absolute atomic E-state index is 8.55. The number of nitriles is 1. The molecular weight excluding hydrogens is 218 g/mol. The second kappa shape index (κ2) is 10.8. The van der Waals surface area contributed by atoms with Crippen LogP contribution in [0.4, 0.5) is 0 Å². The molecule has 0 amide bonds. The van der Waals surface area contributed by atoms with Gasteiger partial charge in [0.15, 0.2) is 0 Å². The van der Waals surface area contributed by atoms with E-state index in [0.29, 0.717) is 6.42 Å². The van der Waals surface area contributed by atoms with E-state index < -0.39 is 0 Å². The van der Waals surface area contributed by atoms with Crippen molar-refractivity contribution in [2.24, 2.45) is 0 Å². The van der Waals surface area contributed by atoms with Crippen molar-refractivity contribution in [1.82, 2.24) is 0 Å². The molecule has 0 unspecified atom stereocenters. The van der Waals surface area contributed by atoms with Crippen LogP contribution in [0.2, 0.25) is 0 Å². The highest BCUT2D eigenvalue weighted by atomic mass is 14.2. The van der Waals surface area contributed by atoms with Crippen LogP contribution in [0, 0.1) is 11.3 Å². The Morgan fingerprint density at radius 3 is 2.22 bits per heavy atom. The molecule has 0 saturated carbocycles. The second-order valence-electron chi connectivity index (χ2n) is 4.99. The van der Waals surface area contributed by atoms with Crippen LogP contribution in [-0.4, -0.2) is 0 Å². The predicted octanol–water partition coefficient (Wildman–Crippen LogP) is 5.71. The third-order valence-electron chi connectivity index (χ3n) is 2.99. The molecule has 0 atom stereocenters. The topological polar surface area (TPSA) is 23.8 Å². The third kappa shape index (κ3) is 9.90. The number of hydrogen-bond acceptors (Lipinski definition) is 1. The molecule has 0 rings (SSSR count). The van der Waals surface area contributed by atoms with Crippen LogP contribution in [0.5, 0.6) is 0 Å². The summed E-state index contributed by atoms with van der Waals surface area (Å²) in [4.78, 5) is 0. The van der Waals surface area contributed by atoms with Gasteiger partial charge in [-0.25, -0.2) is 0 Å². The molecule has 0 radical (unpaired) electrons. The molecule has 0 aliphatic carbocycles. The molecule has 0 fully saturated rings. The van der Waals surface area contributed by atoms with Gasteiger partial charge in [0.05, 0.1) is 12.5 Å². The summed E-state index contributed by atoms with van der Waals surface area (Å²) < 4.78 is 0. The standard InChI is InChI=1S/C17H27N/c1-5-17(13-8-14-18)12-7-11-16(4)10-6-9-15(2)3/h9,11,13H,5-8,10,12H2,1-4H3/b16-11+,17-13+. The molecule has 1 heteroatoms. The Balaban J connectivity index is 3.99. The molecule has 0 aliphatic heterocycles. The van der Waals surface area contributed by atoms with Crippen LogP contribution in [-0.2, 0) is 0 Å². The van der Waals surface area contributed by atoms with E-state index in [0.717, 1.165) is 32.1 Å². The first kappa shape index (κ1) is 16.7. The van der Waals surface area contributed by atoms with E-state index in [9.17, 15) is 0 Å². The summed E-state index contributed by atoms with van der Waals surface area (Å²) >= 11 is 0. The zero-order valence-electron chi connectivity index (χ0n) is 12.4. The van der Waals surface area contributed by atoms with Crippen LogP contribution in [0.25, 0.3) is 0 Å². The fraction of sp³-hybridized carbons (Fsp3) is 0.588. The summed E-state index contributed by atoms with van der Waals surface area (Å²) in [5.74, 6) is 0. The summed E-state index contributed by atoms with van der Waals surface area (Å²) in [7, 11) is 0. The molecule has 0 heterocycles. The smallest absolute Gasteiger partial charge is 0.0663 e. The van der Waals surface area contributed by atoms with Crippen LogP contribution in [0.3, 0.4) is 0 Å². The lowest BCUT2D eigenvalue weighted by molar-refractivity contribution is 0.879. The molecule has 0 aromatic rings. The van der Waals surface area contributed by atoms with Gasteiger partial charge in [-0.3, -0.25) is 0 Å². The Kier molecular flexibility index (Phi) is 10.1. The van der Waals surface area contributed by atoms with Gasteiger partial charge in [0.2, 0.25) is 0 Å². The van der Waals surface area contributed by atoms with Gasteiger partial charge >= 0.3 is 0 Å². The Bertz CT molecular complexity index is 346. The van der Waals surface area contributed by atoms with E-state index in [1.54, 1.807) is 0 Å². The molecule has 0 aromatic carbocycles. The SMILES string of the molecule is CC/C(=C\CC#N)CC/C=C(\C)CCC=C(C)C. The highest BCUT2D eigenvalue weighted by molar-refractivity contribution is 5.08. The largest absolute Gasteiger partial charge is 0.198 e. The van der Waals surface area contributed by atoms with Crippen LogP contribution in [0.15, 0.2) is 34.9 Å². The number of hydrogen-bond donors (Lipinski definition) is 0. The highest BCUT2D eigenvalue weighted by Gasteiger charge is 1.94. The lowest BCUT2D eigenvalue weighted by Gasteiger charge is -2.03. The minimum Gasteiger partial charge on any atom is -0.198 e. The molecule has 0 aliphatic rings. The van der Waals surface area contributed by atoms with Crippen molar-refractivity contribution in [2.75, 3.05) is 0 Å². The highest BCUT2D eigenvalue weighted by Crippen LogP contribution is 2.14. The quantitative estimate of drug-likeness (QED) is 0.502. The Labute approximate surface area is 113 Å². The number of nitrogens with zero attached hydrogens (tertiary/aromatic N) is 1. The zero-order chi connectivity index (χ0) is 13.8. The normalized spacial score (nSPS) is 12.2. The zero-order valence-corrected chi connectivity index (χ0v) is 12.4. The molecule has 0 spiro atoms. The van der Waals surface area contributed by atoms with E-state index >= 15 is 0 Å². The van der Waals surface area contributed by atoms with Gasteiger partial charge in [-0.1, -0.05) is 41.9 Å². The molecule has 0 saturated heterocycles. The third-order valence-corrected chi connectivity index (χ3v) is 2.99. The first-order chi connectivity index (χ1) is 8.60. The first-order valence-electron chi connectivity index (χ1n) is 6.94. The van der Waals surface area contributed by atoms with Gasteiger partial charge in [0.1, 0.15) is 0 Å². The predicted molar refractivity (Wildman–Crippen MR) is 80.3 cm³/mol. The van der Waals surface area contributed by atoms with Crippen LogP contribution < -0.4 is 0 Å². The van der Waals surface area contributed by atoms with Crippen molar-refractivity contribution in [1.29, 1.82) is 5.26 Å². The van der Waals surface area contributed by atoms with Gasteiger partial charge in [-0.05, 0) is 52.9 Å². The summed E-state index contributed by atoms with van der Waals surface area (Å²) in [6.45, 7) is 8.66.